The molecule has 0 fully saturated rings. The Labute approximate surface area is 196 Å². The molecule has 2 aromatic carbocycles. The quantitative estimate of drug-likeness (QED) is 0.473. The van der Waals surface area contributed by atoms with Crippen molar-refractivity contribution in [2.45, 2.75) is 13.8 Å². The molecule has 1 N–H and O–H groups in total. The summed E-state index contributed by atoms with van der Waals surface area (Å²) >= 11 is 6.44. The third-order valence-electron chi connectivity index (χ3n) is 4.83. The van der Waals surface area contributed by atoms with Gasteiger partial charge in [-0.15, -0.1) is 5.06 Å². The predicted octanol–water partition coefficient (Wildman–Crippen LogP) is 4.57. The number of nitrogens with zero attached hydrogens (tertiary/aromatic N) is 2. The van der Waals surface area contributed by atoms with E-state index >= 15 is 0 Å². The number of fused-ring (bicyclic) bond motifs is 1. The first kappa shape index (κ1) is 22.4. The van der Waals surface area contributed by atoms with E-state index in [1.165, 1.54) is 18.2 Å². The van der Waals surface area contributed by atoms with Crippen LogP contribution in [0.5, 0.6) is 17.2 Å². The number of methoxy groups -OCH3 is 1. The summed E-state index contributed by atoms with van der Waals surface area (Å²) in [7, 11) is 1.50. The molecule has 0 aliphatic carbocycles. The van der Waals surface area contributed by atoms with Crippen LogP contribution in [0.4, 0.5) is 0 Å². The molecule has 0 atom stereocenters. The summed E-state index contributed by atoms with van der Waals surface area (Å²) in [4.78, 5) is 21.9. The number of carbonyl (C=O) groups excluding carboxylic acids is 1. The number of amidine groups is 2. The van der Waals surface area contributed by atoms with Gasteiger partial charge in [-0.25, -0.2) is 0 Å². The molecule has 1 amide bonds. The number of aliphatic imine (C=N–C) groups is 1. The molecule has 0 aromatic heterocycles. The van der Waals surface area contributed by atoms with Gasteiger partial charge in [0.1, 0.15) is 24.7 Å². The van der Waals surface area contributed by atoms with E-state index in [-0.39, 0.29) is 23.9 Å². The van der Waals surface area contributed by atoms with Crippen molar-refractivity contribution in [1.82, 2.24) is 5.06 Å². The highest BCUT2D eigenvalue weighted by molar-refractivity contribution is 6.33. The van der Waals surface area contributed by atoms with Crippen molar-refractivity contribution >= 4 is 35.3 Å². The number of hydroxylamine groups is 2. The van der Waals surface area contributed by atoms with Gasteiger partial charge < -0.3 is 19.0 Å². The molecular weight excluding hydrogens is 446 g/mol. The van der Waals surface area contributed by atoms with Crippen LogP contribution < -0.4 is 14.2 Å². The number of hydrogen-bond acceptors (Lipinski definition) is 6. The summed E-state index contributed by atoms with van der Waals surface area (Å²) < 4.78 is 16.9. The minimum Gasteiger partial charge on any atom is -0.493 e. The summed E-state index contributed by atoms with van der Waals surface area (Å²) in [5, 5.41) is 9.83. The van der Waals surface area contributed by atoms with Crippen LogP contribution in [-0.4, -0.2) is 43.0 Å². The lowest BCUT2D eigenvalue weighted by atomic mass is 10.1. The molecule has 4 rings (SSSR count). The fourth-order valence-corrected chi connectivity index (χ4v) is 3.61. The molecule has 8 nitrogen and oxygen atoms in total. The van der Waals surface area contributed by atoms with Gasteiger partial charge in [0.15, 0.2) is 23.2 Å². The first-order valence-corrected chi connectivity index (χ1v) is 10.5. The van der Waals surface area contributed by atoms with Crippen molar-refractivity contribution in [3.8, 4) is 17.2 Å². The Kier molecular flexibility index (Phi) is 6.37. The Morgan fingerprint density at radius 3 is 2.73 bits per heavy atom. The van der Waals surface area contributed by atoms with Crippen LogP contribution in [0.15, 0.2) is 58.8 Å². The number of benzene rings is 2. The molecule has 2 aliphatic rings. The number of halogens is 1. The zero-order valence-electron chi connectivity index (χ0n) is 18.3. The van der Waals surface area contributed by atoms with Crippen molar-refractivity contribution in [2.75, 3.05) is 20.3 Å². The highest BCUT2D eigenvalue weighted by Crippen LogP contribution is 2.37. The number of allylic oxidation sites excluding steroid dienone is 1. The summed E-state index contributed by atoms with van der Waals surface area (Å²) in [5.74, 6) is 1.70. The minimum atomic E-state index is -0.537. The van der Waals surface area contributed by atoms with Gasteiger partial charge in [0.2, 0.25) is 0 Å². The van der Waals surface area contributed by atoms with Gasteiger partial charge in [-0.05, 0) is 55.3 Å². The number of amides is 1. The van der Waals surface area contributed by atoms with E-state index in [0.29, 0.717) is 34.5 Å². The Morgan fingerprint density at radius 1 is 1.18 bits per heavy atom. The first-order chi connectivity index (χ1) is 15.9. The number of aryl methyl sites for hydroxylation is 1. The third-order valence-corrected chi connectivity index (χ3v) is 5.11. The standard InChI is InChI=1S/C24H22ClN3O5/c1-14-5-4-6-17(9-14)31-7-8-32-22-19(25)12-16(13-20(22)30-3)11-18-23(26)28-21(27-24(18)29)10-15(2)33-28/h4-6,9-13,26H,7-8H2,1-3H3/b18-11+,26-23?. The maximum Gasteiger partial charge on any atom is 0.282 e. The van der Waals surface area contributed by atoms with Crippen molar-refractivity contribution in [1.29, 1.82) is 5.41 Å². The predicted molar refractivity (Wildman–Crippen MR) is 125 cm³/mol. The average molecular weight is 468 g/mol. The lowest BCUT2D eigenvalue weighted by molar-refractivity contribution is -0.114. The molecule has 2 heterocycles. The zero-order valence-corrected chi connectivity index (χ0v) is 19.1. The maximum absolute atomic E-state index is 12.5. The SMILES string of the molecule is COc1cc(/C=C2\C(=N)N3OC(C)=CC3=NC2=O)cc(Cl)c1OCCOc1cccc(C)c1. The molecule has 0 radical (unpaired) electrons. The molecule has 2 aromatic rings. The van der Waals surface area contributed by atoms with Crippen LogP contribution in [0.1, 0.15) is 18.1 Å². The second kappa shape index (κ2) is 9.38. The number of ether oxygens (including phenoxy) is 3. The Balaban J connectivity index is 1.48. The highest BCUT2D eigenvalue weighted by Gasteiger charge is 2.34. The number of hydrogen-bond donors (Lipinski definition) is 1. The van der Waals surface area contributed by atoms with Gasteiger partial charge in [0, 0.05) is 6.08 Å². The van der Waals surface area contributed by atoms with Crippen molar-refractivity contribution < 1.29 is 23.8 Å². The average Bonchev–Trinajstić information content (AvgIpc) is 3.15. The molecule has 33 heavy (non-hydrogen) atoms. The van der Waals surface area contributed by atoms with E-state index in [0.717, 1.165) is 11.3 Å². The minimum absolute atomic E-state index is 0.0696. The van der Waals surface area contributed by atoms with Gasteiger partial charge >= 0.3 is 0 Å². The van der Waals surface area contributed by atoms with E-state index in [2.05, 4.69) is 4.99 Å². The van der Waals surface area contributed by atoms with Crippen LogP contribution in [0.3, 0.4) is 0 Å². The fraction of sp³-hybridized carbons (Fsp3) is 0.208. The molecule has 0 saturated heterocycles. The van der Waals surface area contributed by atoms with Gasteiger partial charge in [-0.3, -0.25) is 10.2 Å². The molecule has 0 unspecified atom stereocenters. The highest BCUT2D eigenvalue weighted by atomic mass is 35.5. The van der Waals surface area contributed by atoms with Crippen molar-refractivity contribution in [3.05, 3.63) is 70.0 Å². The second-order valence-corrected chi connectivity index (χ2v) is 7.78. The zero-order chi connectivity index (χ0) is 23.5. The summed E-state index contributed by atoms with van der Waals surface area (Å²) in [6.07, 6.45) is 3.11. The van der Waals surface area contributed by atoms with Gasteiger partial charge in [-0.1, -0.05) is 23.7 Å². The lowest BCUT2D eigenvalue weighted by Gasteiger charge is -2.23. The molecule has 0 bridgehead atoms. The summed E-state index contributed by atoms with van der Waals surface area (Å²) in [5.41, 5.74) is 1.73. The smallest absolute Gasteiger partial charge is 0.282 e. The topological polar surface area (TPSA) is 93.4 Å². The van der Waals surface area contributed by atoms with Gasteiger partial charge in [0.05, 0.1) is 17.7 Å². The molecule has 170 valence electrons. The van der Waals surface area contributed by atoms with E-state index in [9.17, 15) is 4.79 Å². The molecular formula is C24H22ClN3O5. The number of nitrogens with one attached hydrogen (secondary N) is 1. The van der Waals surface area contributed by atoms with E-state index in [1.807, 2.05) is 31.2 Å². The van der Waals surface area contributed by atoms with E-state index in [4.69, 9.17) is 36.1 Å². The van der Waals surface area contributed by atoms with Crippen LogP contribution in [0, 0.1) is 12.3 Å². The third kappa shape index (κ3) is 4.85. The van der Waals surface area contributed by atoms with Gasteiger partial charge in [-0.2, -0.15) is 4.99 Å². The molecule has 9 heteroatoms. The van der Waals surface area contributed by atoms with Crippen LogP contribution >= 0.6 is 11.6 Å². The number of rotatable bonds is 7. The molecule has 0 spiro atoms. The summed E-state index contributed by atoms with van der Waals surface area (Å²) in [6.45, 7) is 4.29. The maximum atomic E-state index is 12.5. The van der Waals surface area contributed by atoms with Crippen molar-refractivity contribution in [2.24, 2.45) is 4.99 Å². The fourth-order valence-electron chi connectivity index (χ4n) is 3.34. The monoisotopic (exact) mass is 467 g/mol. The Hall–Kier alpha value is -3.78. The van der Waals surface area contributed by atoms with Crippen LogP contribution in [0.2, 0.25) is 5.02 Å². The van der Waals surface area contributed by atoms with E-state index in [1.54, 1.807) is 25.1 Å². The normalized spacial score (nSPS) is 16.2. The van der Waals surface area contributed by atoms with Crippen LogP contribution in [0.25, 0.3) is 6.08 Å². The van der Waals surface area contributed by atoms with E-state index < -0.39 is 5.91 Å². The second-order valence-electron chi connectivity index (χ2n) is 7.37. The number of carbonyl (C=O) groups is 1. The summed E-state index contributed by atoms with van der Waals surface area (Å²) in [6, 6.07) is 11.0. The molecule has 2 aliphatic heterocycles. The first-order valence-electron chi connectivity index (χ1n) is 10.2. The Morgan fingerprint density at radius 2 is 1.97 bits per heavy atom. The largest absolute Gasteiger partial charge is 0.493 e. The van der Waals surface area contributed by atoms with Gasteiger partial charge in [0.25, 0.3) is 5.91 Å². The molecule has 0 saturated carbocycles. The Bertz CT molecular complexity index is 1220. The van der Waals surface area contributed by atoms with Crippen molar-refractivity contribution in [3.63, 3.8) is 0 Å². The van der Waals surface area contributed by atoms with Crippen LogP contribution in [-0.2, 0) is 9.63 Å². The lowest BCUT2D eigenvalue weighted by Crippen LogP contribution is -2.38.